The van der Waals surface area contributed by atoms with Crippen LogP contribution in [0.25, 0.3) is 0 Å². The van der Waals surface area contributed by atoms with Gasteiger partial charge >= 0.3 is 0 Å². The van der Waals surface area contributed by atoms with Gasteiger partial charge in [0.2, 0.25) is 5.91 Å². The molecule has 0 aliphatic rings. The van der Waals surface area contributed by atoms with Gasteiger partial charge in [-0.05, 0) is 61.7 Å². The van der Waals surface area contributed by atoms with E-state index in [-0.39, 0.29) is 4.90 Å². The molecule has 0 aliphatic heterocycles. The maximum Gasteiger partial charge on any atom is 0.264 e. The van der Waals surface area contributed by atoms with Gasteiger partial charge in [-0.1, -0.05) is 39.7 Å². The van der Waals surface area contributed by atoms with Crippen molar-refractivity contribution in [2.24, 2.45) is 0 Å². The van der Waals surface area contributed by atoms with Crippen molar-refractivity contribution in [2.75, 3.05) is 0 Å². The maximum atomic E-state index is 12.6. The first-order chi connectivity index (χ1) is 11.1. The Bertz CT molecular complexity index is 856. The van der Waals surface area contributed by atoms with Crippen LogP contribution in [0, 0.1) is 13.8 Å². The molecule has 1 amide bonds. The highest BCUT2D eigenvalue weighted by atomic mass is 79.9. The van der Waals surface area contributed by atoms with E-state index in [1.54, 1.807) is 57.2 Å². The average Bonchev–Trinajstić information content (AvgIpc) is 2.45. The Morgan fingerprint density at radius 1 is 1.12 bits per heavy atom. The van der Waals surface area contributed by atoms with Crippen molar-refractivity contribution in [3.8, 4) is 0 Å². The number of rotatable bonds is 4. The average molecular weight is 431 g/mol. The van der Waals surface area contributed by atoms with E-state index >= 15 is 0 Å². The van der Waals surface area contributed by atoms with Gasteiger partial charge < -0.3 is 0 Å². The molecule has 0 fully saturated rings. The first-order valence-electron chi connectivity index (χ1n) is 7.20. The van der Waals surface area contributed by atoms with Crippen molar-refractivity contribution in [2.45, 2.75) is 31.6 Å². The van der Waals surface area contributed by atoms with E-state index in [2.05, 4.69) is 20.7 Å². The molecule has 1 N–H and O–H groups in total. The Morgan fingerprint density at radius 3 is 2.12 bits per heavy atom. The lowest BCUT2D eigenvalue weighted by molar-refractivity contribution is -0.120. The summed E-state index contributed by atoms with van der Waals surface area (Å²) >= 11 is 9.16. The SMILES string of the molecule is Cc1cc(Br)cc(C)c1S(=O)(=O)NC(=O)C(C)c1ccc(Cl)cc1. The first kappa shape index (κ1) is 19.0. The smallest absolute Gasteiger partial charge is 0.264 e. The summed E-state index contributed by atoms with van der Waals surface area (Å²) in [7, 11) is -3.95. The number of carbonyl (C=O) groups is 1. The minimum absolute atomic E-state index is 0.127. The number of amides is 1. The lowest BCUT2D eigenvalue weighted by Crippen LogP contribution is -2.34. The highest BCUT2D eigenvalue weighted by Crippen LogP contribution is 2.25. The van der Waals surface area contributed by atoms with Gasteiger partial charge in [-0.3, -0.25) is 4.79 Å². The van der Waals surface area contributed by atoms with Crippen LogP contribution in [0.1, 0.15) is 29.5 Å². The zero-order chi connectivity index (χ0) is 18.1. The summed E-state index contributed by atoms with van der Waals surface area (Å²) in [6, 6.07) is 10.1. The van der Waals surface area contributed by atoms with Crippen LogP contribution in [0.2, 0.25) is 5.02 Å². The monoisotopic (exact) mass is 429 g/mol. The van der Waals surface area contributed by atoms with Crippen molar-refractivity contribution < 1.29 is 13.2 Å². The van der Waals surface area contributed by atoms with Crippen LogP contribution in [0.5, 0.6) is 0 Å². The molecule has 0 aliphatic carbocycles. The topological polar surface area (TPSA) is 63.2 Å². The van der Waals surface area contributed by atoms with Crippen molar-refractivity contribution in [3.63, 3.8) is 0 Å². The number of sulfonamides is 1. The van der Waals surface area contributed by atoms with Crippen molar-refractivity contribution in [3.05, 3.63) is 62.6 Å². The lowest BCUT2D eigenvalue weighted by Gasteiger charge is -2.16. The minimum Gasteiger partial charge on any atom is -0.273 e. The van der Waals surface area contributed by atoms with E-state index in [1.165, 1.54) is 0 Å². The molecule has 0 saturated heterocycles. The number of halogens is 2. The Morgan fingerprint density at radius 2 is 1.62 bits per heavy atom. The quantitative estimate of drug-likeness (QED) is 0.785. The number of hydrogen-bond donors (Lipinski definition) is 1. The van der Waals surface area contributed by atoms with Gasteiger partial charge in [-0.15, -0.1) is 0 Å². The van der Waals surface area contributed by atoms with Crippen LogP contribution >= 0.6 is 27.5 Å². The fourth-order valence-corrected chi connectivity index (χ4v) is 4.82. The fraction of sp³-hybridized carbons (Fsp3) is 0.235. The summed E-state index contributed by atoms with van der Waals surface area (Å²) in [6.45, 7) is 5.04. The Labute approximate surface area is 155 Å². The summed E-state index contributed by atoms with van der Waals surface area (Å²) in [5, 5.41) is 0.556. The predicted octanol–water partition coefficient (Wildman–Crippen LogP) is 4.33. The summed E-state index contributed by atoms with van der Waals surface area (Å²) in [6.07, 6.45) is 0. The number of carbonyl (C=O) groups excluding carboxylic acids is 1. The predicted molar refractivity (Wildman–Crippen MR) is 98.8 cm³/mol. The Kier molecular flexibility index (Phi) is 5.73. The molecule has 0 bridgehead atoms. The van der Waals surface area contributed by atoms with Gasteiger partial charge in [0.1, 0.15) is 0 Å². The Hall–Kier alpha value is -1.37. The van der Waals surface area contributed by atoms with Crippen LogP contribution < -0.4 is 4.72 Å². The van der Waals surface area contributed by atoms with E-state index in [0.717, 1.165) is 4.47 Å². The molecule has 7 heteroatoms. The fourth-order valence-electron chi connectivity index (χ4n) is 2.50. The molecule has 2 aromatic carbocycles. The van der Waals surface area contributed by atoms with Crippen LogP contribution in [0.3, 0.4) is 0 Å². The van der Waals surface area contributed by atoms with Gasteiger partial charge in [0.05, 0.1) is 10.8 Å². The number of hydrogen-bond acceptors (Lipinski definition) is 3. The van der Waals surface area contributed by atoms with Crippen LogP contribution in [-0.4, -0.2) is 14.3 Å². The largest absolute Gasteiger partial charge is 0.273 e. The molecule has 0 spiro atoms. The molecule has 128 valence electrons. The van der Waals surface area contributed by atoms with E-state index in [9.17, 15) is 13.2 Å². The minimum atomic E-state index is -3.95. The van der Waals surface area contributed by atoms with Gasteiger partial charge in [0.15, 0.2) is 0 Å². The molecule has 24 heavy (non-hydrogen) atoms. The molecule has 2 rings (SSSR count). The number of benzene rings is 2. The standard InChI is InChI=1S/C17H17BrClNO3S/c1-10-8-14(18)9-11(2)16(10)24(22,23)20-17(21)12(3)13-4-6-15(19)7-5-13/h4-9,12H,1-3H3,(H,20,21). The number of nitrogens with one attached hydrogen (secondary N) is 1. The molecule has 0 aromatic heterocycles. The molecular weight excluding hydrogens is 414 g/mol. The molecule has 0 heterocycles. The second-order valence-corrected chi connectivity index (χ2v) is 8.58. The van der Waals surface area contributed by atoms with Crippen molar-refractivity contribution >= 4 is 43.5 Å². The summed E-state index contributed by atoms with van der Waals surface area (Å²) in [5.74, 6) is -1.20. The molecule has 4 nitrogen and oxygen atoms in total. The summed E-state index contributed by atoms with van der Waals surface area (Å²) in [5.41, 5.74) is 1.83. The molecule has 0 saturated carbocycles. The van der Waals surface area contributed by atoms with Crippen molar-refractivity contribution in [1.29, 1.82) is 0 Å². The summed E-state index contributed by atoms with van der Waals surface area (Å²) in [4.78, 5) is 12.5. The molecule has 1 atom stereocenters. The van der Waals surface area contributed by atoms with E-state index < -0.39 is 21.8 Å². The molecule has 1 unspecified atom stereocenters. The normalized spacial score (nSPS) is 12.7. The second-order valence-electron chi connectivity index (χ2n) is 5.61. The second kappa shape index (κ2) is 7.25. The van der Waals surface area contributed by atoms with Crippen molar-refractivity contribution in [1.82, 2.24) is 4.72 Å². The third-order valence-corrected chi connectivity index (χ3v) is 6.05. The van der Waals surface area contributed by atoms with Crippen LogP contribution in [0.15, 0.2) is 45.8 Å². The van der Waals surface area contributed by atoms with E-state index in [0.29, 0.717) is 21.7 Å². The van der Waals surface area contributed by atoms with Gasteiger partial charge in [-0.2, -0.15) is 0 Å². The van der Waals surface area contributed by atoms with Gasteiger partial charge in [0.25, 0.3) is 10.0 Å². The zero-order valence-corrected chi connectivity index (χ0v) is 16.6. The number of aryl methyl sites for hydroxylation is 2. The van der Waals surface area contributed by atoms with E-state index in [4.69, 9.17) is 11.6 Å². The van der Waals surface area contributed by atoms with Gasteiger partial charge in [0, 0.05) is 9.50 Å². The third-order valence-electron chi connectivity index (χ3n) is 3.69. The molecular formula is C17H17BrClNO3S. The van der Waals surface area contributed by atoms with Crippen LogP contribution in [-0.2, 0) is 14.8 Å². The third kappa shape index (κ3) is 4.18. The molecule has 0 radical (unpaired) electrons. The highest BCUT2D eigenvalue weighted by Gasteiger charge is 2.25. The zero-order valence-electron chi connectivity index (χ0n) is 13.4. The van der Waals surface area contributed by atoms with E-state index in [1.807, 2.05) is 0 Å². The first-order valence-corrected chi connectivity index (χ1v) is 9.86. The Balaban J connectivity index is 2.29. The van der Waals surface area contributed by atoms with Crippen LogP contribution in [0.4, 0.5) is 0 Å². The van der Waals surface area contributed by atoms with Gasteiger partial charge in [-0.25, -0.2) is 13.1 Å². The maximum absolute atomic E-state index is 12.6. The highest BCUT2D eigenvalue weighted by molar-refractivity contribution is 9.10. The molecule has 2 aromatic rings. The summed E-state index contributed by atoms with van der Waals surface area (Å²) < 4.78 is 28.2. The lowest BCUT2D eigenvalue weighted by atomic mass is 10.0.